The Balaban J connectivity index is 3.89. The van der Waals surface area contributed by atoms with Crippen molar-refractivity contribution in [2.45, 2.75) is 40.0 Å². The number of hydrogen-bond acceptors (Lipinski definition) is 2. The van der Waals surface area contributed by atoms with Crippen LogP contribution in [0.25, 0.3) is 0 Å². The summed E-state index contributed by atoms with van der Waals surface area (Å²) in [6.45, 7) is 8.83. The molecule has 0 aromatic rings. The van der Waals surface area contributed by atoms with Gasteiger partial charge in [-0.1, -0.05) is 44.2 Å². The van der Waals surface area contributed by atoms with Crippen LogP contribution in [0.1, 0.15) is 40.0 Å². The average molecular weight is 265 g/mol. The largest absolute Gasteiger partial charge is 0.478 e. The highest BCUT2D eigenvalue weighted by Gasteiger charge is 2.01. The second-order valence-corrected chi connectivity index (χ2v) is 4.47. The lowest BCUT2D eigenvalue weighted by Crippen LogP contribution is -2.25. The minimum absolute atomic E-state index is 0.431. The van der Waals surface area contributed by atoms with E-state index in [-0.39, 0.29) is 0 Å². The summed E-state index contributed by atoms with van der Waals surface area (Å²) in [5.74, 6) is -0.825. The second kappa shape index (κ2) is 11.7. The number of aliphatic carboxylic acids is 1. The molecule has 0 rings (SSSR count). The topological polar surface area (TPSA) is 40.5 Å². The van der Waals surface area contributed by atoms with Gasteiger partial charge in [-0.05, 0) is 32.7 Å². The number of hydrogen-bond donors (Lipinski definition) is 1. The molecule has 0 heterocycles. The minimum Gasteiger partial charge on any atom is -0.478 e. The van der Waals surface area contributed by atoms with Gasteiger partial charge in [-0.25, -0.2) is 4.79 Å². The first-order valence-electron chi connectivity index (χ1n) is 7.05. The maximum atomic E-state index is 10.6. The van der Waals surface area contributed by atoms with E-state index in [9.17, 15) is 4.79 Å². The first-order valence-corrected chi connectivity index (χ1v) is 7.05. The second-order valence-electron chi connectivity index (χ2n) is 4.47. The third-order valence-electron chi connectivity index (χ3n) is 2.91. The van der Waals surface area contributed by atoms with Gasteiger partial charge in [0.15, 0.2) is 0 Å². The van der Waals surface area contributed by atoms with Crippen LogP contribution in [0.4, 0.5) is 0 Å². The van der Waals surface area contributed by atoms with Crippen LogP contribution >= 0.6 is 0 Å². The zero-order valence-corrected chi connectivity index (χ0v) is 12.4. The van der Waals surface area contributed by atoms with E-state index in [1.807, 2.05) is 0 Å². The molecule has 0 aromatic heterocycles. The number of nitrogens with zero attached hydrogens (tertiary/aromatic N) is 1. The van der Waals surface area contributed by atoms with Gasteiger partial charge < -0.3 is 10.0 Å². The summed E-state index contributed by atoms with van der Waals surface area (Å²) in [5.41, 5.74) is 0.431. The molecule has 0 radical (unpaired) electrons. The van der Waals surface area contributed by atoms with Crippen LogP contribution in [0.15, 0.2) is 36.0 Å². The fourth-order valence-corrected chi connectivity index (χ4v) is 1.63. The molecule has 0 amide bonds. The van der Waals surface area contributed by atoms with Gasteiger partial charge in [0.1, 0.15) is 0 Å². The molecule has 19 heavy (non-hydrogen) atoms. The molecule has 1 N–H and O–H groups in total. The fraction of sp³-hybridized carbons (Fsp3) is 0.562. The van der Waals surface area contributed by atoms with Crippen LogP contribution in [0.2, 0.25) is 0 Å². The lowest BCUT2D eigenvalue weighted by Gasteiger charge is -2.18. The molecule has 0 unspecified atom stereocenters. The van der Waals surface area contributed by atoms with Crippen LogP contribution in [-0.4, -0.2) is 35.6 Å². The Morgan fingerprint density at radius 1 is 1.11 bits per heavy atom. The molecule has 3 nitrogen and oxygen atoms in total. The van der Waals surface area contributed by atoms with Crippen LogP contribution in [0.5, 0.6) is 0 Å². The molecule has 0 saturated heterocycles. The van der Waals surface area contributed by atoms with E-state index in [0.29, 0.717) is 5.57 Å². The van der Waals surface area contributed by atoms with E-state index < -0.39 is 5.97 Å². The van der Waals surface area contributed by atoms with E-state index in [0.717, 1.165) is 38.9 Å². The minimum atomic E-state index is -0.825. The Labute approximate surface area is 117 Å². The van der Waals surface area contributed by atoms with E-state index in [2.05, 4.69) is 43.1 Å². The predicted molar refractivity (Wildman–Crippen MR) is 81.3 cm³/mol. The fourth-order valence-electron chi connectivity index (χ4n) is 1.63. The maximum Gasteiger partial charge on any atom is 0.330 e. The first-order chi connectivity index (χ1) is 9.11. The lowest BCUT2D eigenvalue weighted by atomic mass is 10.2. The molecule has 0 aromatic carbocycles. The maximum absolute atomic E-state index is 10.6. The molecule has 0 spiro atoms. The van der Waals surface area contributed by atoms with Crippen molar-refractivity contribution >= 4 is 5.97 Å². The Morgan fingerprint density at radius 3 is 2.32 bits per heavy atom. The smallest absolute Gasteiger partial charge is 0.330 e. The Kier molecular flexibility index (Phi) is 10.9. The monoisotopic (exact) mass is 265 g/mol. The van der Waals surface area contributed by atoms with Crippen molar-refractivity contribution in [2.75, 3.05) is 19.6 Å². The molecular weight excluding hydrogens is 238 g/mol. The van der Waals surface area contributed by atoms with Gasteiger partial charge in [-0.2, -0.15) is 0 Å². The quantitative estimate of drug-likeness (QED) is 0.484. The molecule has 0 atom stereocenters. The molecular formula is C16H27NO2. The summed E-state index contributed by atoms with van der Waals surface area (Å²) >= 11 is 0. The van der Waals surface area contributed by atoms with Gasteiger partial charge in [0.25, 0.3) is 0 Å². The van der Waals surface area contributed by atoms with Crippen molar-refractivity contribution in [1.82, 2.24) is 4.90 Å². The van der Waals surface area contributed by atoms with Crippen molar-refractivity contribution < 1.29 is 9.90 Å². The molecule has 3 heteroatoms. The summed E-state index contributed by atoms with van der Waals surface area (Å²) in [6, 6.07) is 0. The third-order valence-corrected chi connectivity index (χ3v) is 2.91. The Morgan fingerprint density at radius 2 is 1.74 bits per heavy atom. The van der Waals surface area contributed by atoms with Crippen molar-refractivity contribution in [3.05, 3.63) is 36.0 Å². The Hall–Kier alpha value is -1.35. The van der Waals surface area contributed by atoms with Crippen LogP contribution in [-0.2, 0) is 4.79 Å². The van der Waals surface area contributed by atoms with E-state index in [1.165, 1.54) is 0 Å². The van der Waals surface area contributed by atoms with Crippen LogP contribution in [0, 0.1) is 0 Å². The van der Waals surface area contributed by atoms with Gasteiger partial charge in [-0.15, -0.1) is 0 Å². The summed E-state index contributed by atoms with van der Waals surface area (Å²) in [6.07, 6.45) is 13.2. The molecule has 0 aliphatic rings. The first kappa shape index (κ1) is 17.6. The number of allylic oxidation sites excluding steroid dienone is 3. The molecule has 0 bridgehead atoms. The molecule has 0 fully saturated rings. The van der Waals surface area contributed by atoms with Gasteiger partial charge in [0, 0.05) is 18.7 Å². The lowest BCUT2D eigenvalue weighted by molar-refractivity contribution is -0.132. The number of carboxylic acid groups (broad SMARTS) is 1. The normalized spacial score (nSPS) is 12.9. The zero-order chi connectivity index (χ0) is 14.5. The SMILES string of the molecule is CCC=CC=CCCN(CC)CCC=C(C)C(=O)O. The molecule has 108 valence electrons. The van der Waals surface area contributed by atoms with Gasteiger partial charge >= 0.3 is 5.97 Å². The zero-order valence-electron chi connectivity index (χ0n) is 12.4. The highest BCUT2D eigenvalue weighted by atomic mass is 16.4. The standard InChI is InChI=1S/C16H27NO2/c1-4-6-7-8-9-10-13-17(5-2)14-11-12-15(3)16(18)19/h6-9,12H,4-5,10-11,13-14H2,1-3H3,(H,18,19). The summed E-state index contributed by atoms with van der Waals surface area (Å²) in [5, 5.41) is 8.75. The average Bonchev–Trinajstić information content (AvgIpc) is 2.40. The van der Waals surface area contributed by atoms with E-state index in [4.69, 9.17) is 5.11 Å². The number of carboxylic acids is 1. The van der Waals surface area contributed by atoms with Gasteiger partial charge in [-0.3, -0.25) is 0 Å². The van der Waals surface area contributed by atoms with E-state index in [1.54, 1.807) is 13.0 Å². The molecule has 0 saturated carbocycles. The van der Waals surface area contributed by atoms with Crippen LogP contribution in [0.3, 0.4) is 0 Å². The third kappa shape index (κ3) is 10.3. The van der Waals surface area contributed by atoms with Gasteiger partial charge in [0.05, 0.1) is 0 Å². The van der Waals surface area contributed by atoms with Crippen molar-refractivity contribution in [3.8, 4) is 0 Å². The highest BCUT2D eigenvalue weighted by Crippen LogP contribution is 2.00. The molecule has 0 aliphatic carbocycles. The predicted octanol–water partition coefficient (Wildman–Crippen LogP) is 3.64. The van der Waals surface area contributed by atoms with Crippen molar-refractivity contribution in [3.63, 3.8) is 0 Å². The van der Waals surface area contributed by atoms with Crippen LogP contribution < -0.4 is 0 Å². The van der Waals surface area contributed by atoms with Gasteiger partial charge in [0.2, 0.25) is 0 Å². The summed E-state index contributed by atoms with van der Waals surface area (Å²) in [7, 11) is 0. The summed E-state index contributed by atoms with van der Waals surface area (Å²) < 4.78 is 0. The van der Waals surface area contributed by atoms with Crippen molar-refractivity contribution in [1.29, 1.82) is 0 Å². The summed E-state index contributed by atoms with van der Waals surface area (Å²) in [4.78, 5) is 13.0. The van der Waals surface area contributed by atoms with E-state index >= 15 is 0 Å². The molecule has 0 aliphatic heterocycles. The highest BCUT2D eigenvalue weighted by molar-refractivity contribution is 5.85. The number of rotatable bonds is 10. The van der Waals surface area contributed by atoms with Crippen molar-refractivity contribution in [2.24, 2.45) is 0 Å². The Bertz CT molecular complexity index is 330. The number of carbonyl (C=O) groups is 1.